The first-order chi connectivity index (χ1) is 11.3. The SMILES string of the molecule is O=C(/C=C/c1ccccc1)N[C@H](Sc1ccc(Cl)cc1)C(Cl)(Cl)Cl. The third kappa shape index (κ3) is 6.58. The average molecular weight is 421 g/mol. The molecule has 0 fully saturated rings. The van der Waals surface area contributed by atoms with E-state index in [2.05, 4.69) is 5.32 Å². The molecule has 1 atom stereocenters. The Morgan fingerprint density at radius 1 is 1.04 bits per heavy atom. The van der Waals surface area contributed by atoms with Crippen LogP contribution in [-0.4, -0.2) is 15.1 Å². The molecule has 0 saturated carbocycles. The summed E-state index contributed by atoms with van der Waals surface area (Å²) in [4.78, 5) is 12.9. The van der Waals surface area contributed by atoms with Crippen molar-refractivity contribution in [1.29, 1.82) is 0 Å². The molecule has 1 N–H and O–H groups in total. The van der Waals surface area contributed by atoms with Crippen molar-refractivity contribution in [2.24, 2.45) is 0 Å². The highest BCUT2D eigenvalue weighted by atomic mass is 35.6. The van der Waals surface area contributed by atoms with E-state index >= 15 is 0 Å². The third-order valence-corrected chi connectivity index (χ3v) is 5.41. The topological polar surface area (TPSA) is 29.1 Å². The molecule has 2 nitrogen and oxygen atoms in total. The second-order valence-electron chi connectivity index (χ2n) is 4.75. The van der Waals surface area contributed by atoms with E-state index in [1.165, 1.54) is 17.8 Å². The molecule has 0 radical (unpaired) electrons. The van der Waals surface area contributed by atoms with Crippen LogP contribution in [0.25, 0.3) is 6.08 Å². The highest BCUT2D eigenvalue weighted by molar-refractivity contribution is 8.00. The number of alkyl halides is 3. The Balaban J connectivity index is 2.04. The van der Waals surface area contributed by atoms with Gasteiger partial charge in [-0.3, -0.25) is 4.79 Å². The van der Waals surface area contributed by atoms with Crippen LogP contribution in [0.1, 0.15) is 5.56 Å². The summed E-state index contributed by atoms with van der Waals surface area (Å²) in [6.45, 7) is 0. The van der Waals surface area contributed by atoms with E-state index in [4.69, 9.17) is 46.4 Å². The number of carbonyl (C=O) groups excluding carboxylic acids is 1. The molecule has 0 aliphatic carbocycles. The molecule has 126 valence electrons. The predicted molar refractivity (Wildman–Crippen MR) is 105 cm³/mol. The molecule has 0 aliphatic rings. The van der Waals surface area contributed by atoms with E-state index in [0.717, 1.165) is 10.5 Å². The number of amides is 1. The van der Waals surface area contributed by atoms with Crippen LogP contribution in [0.3, 0.4) is 0 Å². The van der Waals surface area contributed by atoms with Gasteiger partial charge in [-0.05, 0) is 35.9 Å². The summed E-state index contributed by atoms with van der Waals surface area (Å²) >= 11 is 25.0. The zero-order chi connectivity index (χ0) is 17.6. The number of benzene rings is 2. The van der Waals surface area contributed by atoms with Crippen molar-refractivity contribution in [3.63, 3.8) is 0 Å². The maximum Gasteiger partial charge on any atom is 0.245 e. The van der Waals surface area contributed by atoms with Crippen LogP contribution in [0.2, 0.25) is 5.02 Å². The molecular weight excluding hydrogens is 408 g/mol. The van der Waals surface area contributed by atoms with Gasteiger partial charge in [0.2, 0.25) is 9.70 Å². The quantitative estimate of drug-likeness (QED) is 0.280. The van der Waals surface area contributed by atoms with Crippen LogP contribution in [-0.2, 0) is 4.79 Å². The maximum atomic E-state index is 12.1. The second-order valence-corrected chi connectivity index (χ2v) is 8.73. The lowest BCUT2D eigenvalue weighted by Crippen LogP contribution is -2.40. The van der Waals surface area contributed by atoms with E-state index in [9.17, 15) is 4.79 Å². The number of thioether (sulfide) groups is 1. The number of rotatable bonds is 5. The fourth-order valence-electron chi connectivity index (χ4n) is 1.74. The van der Waals surface area contributed by atoms with Crippen molar-refractivity contribution in [1.82, 2.24) is 5.32 Å². The third-order valence-electron chi connectivity index (χ3n) is 2.86. The van der Waals surface area contributed by atoms with Gasteiger partial charge < -0.3 is 5.32 Å². The standard InChI is InChI=1S/C17H13Cl4NOS/c18-13-7-9-14(10-8-13)24-16(17(19,20)21)22-15(23)11-6-12-4-2-1-3-5-12/h1-11,16H,(H,22,23)/b11-6+/t16-/m1/s1. The molecule has 1 amide bonds. The lowest BCUT2D eigenvalue weighted by Gasteiger charge is -2.24. The van der Waals surface area contributed by atoms with E-state index in [1.54, 1.807) is 30.3 Å². The zero-order valence-electron chi connectivity index (χ0n) is 12.3. The molecule has 0 aliphatic heterocycles. The van der Waals surface area contributed by atoms with E-state index in [0.29, 0.717) is 5.02 Å². The van der Waals surface area contributed by atoms with Gasteiger partial charge in [0.05, 0.1) is 0 Å². The van der Waals surface area contributed by atoms with Crippen LogP contribution in [0.15, 0.2) is 65.6 Å². The molecule has 0 saturated heterocycles. The zero-order valence-corrected chi connectivity index (χ0v) is 16.1. The lowest BCUT2D eigenvalue weighted by molar-refractivity contribution is -0.116. The molecule has 2 aromatic carbocycles. The minimum atomic E-state index is -1.67. The van der Waals surface area contributed by atoms with Crippen molar-refractivity contribution in [2.45, 2.75) is 14.1 Å². The van der Waals surface area contributed by atoms with Crippen LogP contribution < -0.4 is 5.32 Å². The normalized spacial score (nSPS) is 13.0. The first kappa shape index (κ1) is 19.5. The molecule has 7 heteroatoms. The van der Waals surface area contributed by atoms with Gasteiger partial charge in [-0.25, -0.2) is 0 Å². The second kappa shape index (κ2) is 9.02. The Labute approximate surface area is 165 Å². The molecular formula is C17H13Cl4NOS. The van der Waals surface area contributed by atoms with Crippen molar-refractivity contribution in [2.75, 3.05) is 0 Å². The van der Waals surface area contributed by atoms with Gasteiger partial charge in [0.15, 0.2) is 0 Å². The summed E-state index contributed by atoms with van der Waals surface area (Å²) in [5, 5.41) is 2.56. The molecule has 0 unspecified atom stereocenters. The summed E-state index contributed by atoms with van der Waals surface area (Å²) < 4.78 is -1.67. The Bertz CT molecular complexity index is 699. The number of nitrogens with one attached hydrogen (secondary N) is 1. The largest absolute Gasteiger partial charge is 0.336 e. The Hall–Kier alpha value is -0.840. The average Bonchev–Trinajstić information content (AvgIpc) is 2.54. The van der Waals surface area contributed by atoms with Crippen molar-refractivity contribution in [3.05, 3.63) is 71.3 Å². The fourth-order valence-corrected chi connectivity index (χ4v) is 3.31. The number of hydrogen-bond donors (Lipinski definition) is 1. The lowest BCUT2D eigenvalue weighted by atomic mass is 10.2. The fraction of sp³-hybridized carbons (Fsp3) is 0.118. The minimum absolute atomic E-state index is 0.350. The Morgan fingerprint density at radius 3 is 2.25 bits per heavy atom. The molecule has 0 heterocycles. The summed E-state index contributed by atoms with van der Waals surface area (Å²) in [7, 11) is 0. The minimum Gasteiger partial charge on any atom is -0.336 e. The highest BCUT2D eigenvalue weighted by Gasteiger charge is 2.34. The first-order valence-electron chi connectivity index (χ1n) is 6.87. The summed E-state index contributed by atoms with van der Waals surface area (Å²) in [6.07, 6.45) is 3.10. The highest BCUT2D eigenvalue weighted by Crippen LogP contribution is 2.39. The van der Waals surface area contributed by atoms with Crippen molar-refractivity contribution in [3.8, 4) is 0 Å². The van der Waals surface area contributed by atoms with E-state index in [1.807, 2.05) is 30.3 Å². The van der Waals surface area contributed by atoms with Gasteiger partial charge in [-0.15, -0.1) is 0 Å². The monoisotopic (exact) mass is 419 g/mol. The number of hydrogen-bond acceptors (Lipinski definition) is 2. The van der Waals surface area contributed by atoms with Gasteiger partial charge in [-0.1, -0.05) is 88.5 Å². The van der Waals surface area contributed by atoms with E-state index in [-0.39, 0.29) is 5.91 Å². The van der Waals surface area contributed by atoms with Gasteiger partial charge >= 0.3 is 0 Å². The maximum absolute atomic E-state index is 12.1. The Kier molecular flexibility index (Phi) is 7.33. The first-order valence-corrected chi connectivity index (χ1v) is 9.26. The van der Waals surface area contributed by atoms with Gasteiger partial charge in [-0.2, -0.15) is 0 Å². The smallest absolute Gasteiger partial charge is 0.245 e. The van der Waals surface area contributed by atoms with E-state index < -0.39 is 9.17 Å². The van der Waals surface area contributed by atoms with Crippen molar-refractivity contribution >= 4 is 70.1 Å². The van der Waals surface area contributed by atoms with Gasteiger partial charge in [0.1, 0.15) is 5.37 Å². The summed E-state index contributed by atoms with van der Waals surface area (Å²) in [6, 6.07) is 16.5. The van der Waals surface area contributed by atoms with Crippen LogP contribution in [0.5, 0.6) is 0 Å². The predicted octanol–water partition coefficient (Wildman–Crippen LogP) is 5.96. The van der Waals surface area contributed by atoms with Gasteiger partial charge in [0, 0.05) is 16.0 Å². The molecule has 0 bridgehead atoms. The number of carbonyl (C=O) groups is 1. The summed E-state index contributed by atoms with van der Waals surface area (Å²) in [5.74, 6) is -0.350. The molecule has 24 heavy (non-hydrogen) atoms. The molecule has 0 aromatic heterocycles. The molecule has 0 spiro atoms. The number of halogens is 4. The molecule has 2 rings (SSSR count). The van der Waals surface area contributed by atoms with Gasteiger partial charge in [0.25, 0.3) is 0 Å². The van der Waals surface area contributed by atoms with Crippen LogP contribution in [0.4, 0.5) is 0 Å². The van der Waals surface area contributed by atoms with Crippen molar-refractivity contribution < 1.29 is 4.79 Å². The van der Waals surface area contributed by atoms with Crippen LogP contribution in [0, 0.1) is 0 Å². The summed E-state index contributed by atoms with van der Waals surface area (Å²) in [5.41, 5.74) is 0.906. The Morgan fingerprint density at radius 2 is 1.67 bits per heavy atom. The van der Waals surface area contributed by atoms with Crippen LogP contribution >= 0.6 is 58.2 Å². The molecule has 2 aromatic rings.